The highest BCUT2D eigenvalue weighted by molar-refractivity contribution is 6.02. The fraction of sp³-hybridized carbons (Fsp3) is 0.462. The number of nitrogens with one attached hydrogen (secondary N) is 2. The highest BCUT2D eigenvalue weighted by Crippen LogP contribution is 2.31. The molecule has 0 bridgehead atoms. The third-order valence-electron chi connectivity index (χ3n) is 2.86. The fourth-order valence-corrected chi connectivity index (χ4v) is 2.03. The molecule has 2 N–H and O–H groups in total. The van der Waals surface area contributed by atoms with E-state index in [4.69, 9.17) is 0 Å². The predicted molar refractivity (Wildman–Crippen MR) is 65.5 cm³/mol. The minimum atomic E-state index is -0.193. The van der Waals surface area contributed by atoms with Gasteiger partial charge in [-0.05, 0) is 31.9 Å². The lowest BCUT2D eigenvalue weighted by molar-refractivity contribution is -0.117. The van der Waals surface area contributed by atoms with Crippen LogP contribution in [0.2, 0.25) is 0 Å². The average Bonchev–Trinajstić information content (AvgIpc) is 2.54. The number of aryl methyl sites for hydroxylation is 1. The zero-order valence-electron chi connectivity index (χ0n) is 10.0. The van der Waals surface area contributed by atoms with Crippen LogP contribution in [-0.2, 0) is 11.2 Å². The third-order valence-corrected chi connectivity index (χ3v) is 2.86. The topological polar surface area (TPSA) is 41.1 Å². The van der Waals surface area contributed by atoms with Crippen LogP contribution in [0.5, 0.6) is 0 Å². The molecule has 1 aliphatic heterocycles. The molecule has 0 saturated carbocycles. The first-order valence-corrected chi connectivity index (χ1v) is 5.81. The Kier molecular flexibility index (Phi) is 2.97. The van der Waals surface area contributed by atoms with Gasteiger partial charge in [-0.25, -0.2) is 0 Å². The monoisotopic (exact) mass is 218 g/mol. The minimum Gasteiger partial charge on any atom is -0.324 e. The Balaban J connectivity index is 2.34. The Morgan fingerprint density at radius 1 is 1.44 bits per heavy atom. The van der Waals surface area contributed by atoms with E-state index in [9.17, 15) is 4.79 Å². The fourth-order valence-electron chi connectivity index (χ4n) is 2.03. The predicted octanol–water partition coefficient (Wildman–Crippen LogP) is 2.24. The van der Waals surface area contributed by atoms with Crippen molar-refractivity contribution in [3.05, 3.63) is 29.3 Å². The molecule has 3 nitrogen and oxygen atoms in total. The number of fused-ring (bicyclic) bond motifs is 1. The van der Waals surface area contributed by atoms with E-state index in [1.54, 1.807) is 0 Å². The molecule has 1 heterocycles. The van der Waals surface area contributed by atoms with Crippen LogP contribution >= 0.6 is 0 Å². The maximum Gasteiger partial charge on any atom is 0.246 e. The molecule has 0 spiro atoms. The summed E-state index contributed by atoms with van der Waals surface area (Å²) in [6, 6.07) is 6.28. The Morgan fingerprint density at radius 3 is 2.81 bits per heavy atom. The molecule has 1 aromatic rings. The van der Waals surface area contributed by atoms with E-state index in [1.165, 1.54) is 5.56 Å². The number of anilines is 1. The number of carbonyl (C=O) groups excluding carboxylic acids is 1. The van der Waals surface area contributed by atoms with Gasteiger partial charge in [0.05, 0.1) is 0 Å². The second-order valence-electron chi connectivity index (χ2n) is 4.52. The van der Waals surface area contributed by atoms with Gasteiger partial charge in [0, 0.05) is 17.3 Å². The van der Waals surface area contributed by atoms with Crippen LogP contribution in [0.15, 0.2) is 18.2 Å². The molecule has 1 amide bonds. The molecule has 3 heteroatoms. The van der Waals surface area contributed by atoms with E-state index in [-0.39, 0.29) is 11.9 Å². The van der Waals surface area contributed by atoms with Gasteiger partial charge in [-0.1, -0.05) is 19.1 Å². The second-order valence-corrected chi connectivity index (χ2v) is 4.52. The molecule has 0 aromatic heterocycles. The number of rotatable bonds is 3. The molecular formula is C13H18N2O. The van der Waals surface area contributed by atoms with Crippen molar-refractivity contribution in [1.82, 2.24) is 5.32 Å². The van der Waals surface area contributed by atoms with Crippen LogP contribution in [0.3, 0.4) is 0 Å². The van der Waals surface area contributed by atoms with Gasteiger partial charge in [0.2, 0.25) is 5.91 Å². The summed E-state index contributed by atoms with van der Waals surface area (Å²) in [6.45, 7) is 6.22. The van der Waals surface area contributed by atoms with Gasteiger partial charge in [0.1, 0.15) is 6.04 Å². The van der Waals surface area contributed by atoms with Crippen LogP contribution in [0.25, 0.3) is 0 Å². The smallest absolute Gasteiger partial charge is 0.246 e. The number of hydrogen-bond acceptors (Lipinski definition) is 2. The summed E-state index contributed by atoms with van der Waals surface area (Å²) in [4.78, 5) is 11.8. The maximum absolute atomic E-state index is 11.8. The number of hydrogen-bond donors (Lipinski definition) is 2. The van der Waals surface area contributed by atoms with Gasteiger partial charge >= 0.3 is 0 Å². The quantitative estimate of drug-likeness (QED) is 0.817. The lowest BCUT2D eigenvalue weighted by atomic mass is 10.0. The van der Waals surface area contributed by atoms with Crippen LogP contribution in [-0.4, -0.2) is 11.9 Å². The molecule has 16 heavy (non-hydrogen) atoms. The molecule has 1 unspecified atom stereocenters. The Bertz CT molecular complexity index is 412. The summed E-state index contributed by atoms with van der Waals surface area (Å²) in [6.07, 6.45) is 0.996. The highest BCUT2D eigenvalue weighted by atomic mass is 16.2. The largest absolute Gasteiger partial charge is 0.324 e. The zero-order chi connectivity index (χ0) is 11.7. The van der Waals surface area contributed by atoms with E-state index >= 15 is 0 Å². The number of carbonyl (C=O) groups is 1. The summed E-state index contributed by atoms with van der Waals surface area (Å²) in [7, 11) is 0. The highest BCUT2D eigenvalue weighted by Gasteiger charge is 2.30. The van der Waals surface area contributed by atoms with Crippen molar-refractivity contribution in [2.75, 3.05) is 5.32 Å². The average molecular weight is 218 g/mol. The van der Waals surface area contributed by atoms with E-state index in [2.05, 4.69) is 43.5 Å². The van der Waals surface area contributed by atoms with Crippen molar-refractivity contribution >= 4 is 11.6 Å². The summed E-state index contributed by atoms with van der Waals surface area (Å²) in [5.74, 6) is 0.0527. The molecule has 1 aliphatic rings. The second kappa shape index (κ2) is 4.26. The summed E-state index contributed by atoms with van der Waals surface area (Å²) >= 11 is 0. The van der Waals surface area contributed by atoms with Crippen LogP contribution < -0.4 is 10.6 Å². The van der Waals surface area contributed by atoms with Crippen LogP contribution in [0, 0.1) is 0 Å². The van der Waals surface area contributed by atoms with Crippen LogP contribution in [0.4, 0.5) is 5.69 Å². The van der Waals surface area contributed by atoms with Gasteiger partial charge in [-0.15, -0.1) is 0 Å². The van der Waals surface area contributed by atoms with Crippen molar-refractivity contribution in [3.63, 3.8) is 0 Å². The zero-order valence-corrected chi connectivity index (χ0v) is 10.0. The standard InChI is InChI=1S/C13H18N2O/c1-4-9-5-6-11-10(7-9)12(13(16)15-11)14-8(2)3/h5-8,12,14H,4H2,1-3H3,(H,15,16). The molecule has 1 aromatic carbocycles. The molecule has 0 fully saturated rings. The Hall–Kier alpha value is -1.35. The lowest BCUT2D eigenvalue weighted by Crippen LogP contribution is -2.32. The molecule has 2 rings (SSSR count). The molecule has 0 saturated heterocycles. The molecular weight excluding hydrogens is 200 g/mol. The minimum absolute atomic E-state index is 0.0527. The summed E-state index contributed by atoms with van der Waals surface area (Å²) < 4.78 is 0. The summed E-state index contributed by atoms with van der Waals surface area (Å²) in [5.41, 5.74) is 3.30. The van der Waals surface area contributed by atoms with E-state index in [1.807, 2.05) is 6.07 Å². The first kappa shape index (κ1) is 11.1. The third kappa shape index (κ3) is 1.95. The van der Waals surface area contributed by atoms with Crippen molar-refractivity contribution in [3.8, 4) is 0 Å². The molecule has 0 aliphatic carbocycles. The number of amides is 1. The van der Waals surface area contributed by atoms with E-state index in [0.29, 0.717) is 6.04 Å². The van der Waals surface area contributed by atoms with Gasteiger partial charge in [-0.2, -0.15) is 0 Å². The van der Waals surface area contributed by atoms with Gasteiger partial charge in [0.25, 0.3) is 0 Å². The Labute approximate surface area is 96.2 Å². The normalized spacial score (nSPS) is 18.8. The molecule has 0 radical (unpaired) electrons. The van der Waals surface area contributed by atoms with Crippen molar-refractivity contribution in [1.29, 1.82) is 0 Å². The van der Waals surface area contributed by atoms with Crippen molar-refractivity contribution in [2.45, 2.75) is 39.3 Å². The Morgan fingerprint density at radius 2 is 2.19 bits per heavy atom. The molecule has 86 valence electrons. The van der Waals surface area contributed by atoms with Crippen molar-refractivity contribution in [2.24, 2.45) is 0 Å². The summed E-state index contributed by atoms with van der Waals surface area (Å²) in [5, 5.41) is 6.19. The first-order chi connectivity index (χ1) is 7.61. The molecule has 1 atom stereocenters. The van der Waals surface area contributed by atoms with Crippen molar-refractivity contribution < 1.29 is 4.79 Å². The van der Waals surface area contributed by atoms with Crippen LogP contribution in [0.1, 0.15) is 37.9 Å². The van der Waals surface area contributed by atoms with E-state index in [0.717, 1.165) is 17.7 Å². The maximum atomic E-state index is 11.8. The first-order valence-electron chi connectivity index (χ1n) is 5.81. The van der Waals surface area contributed by atoms with Gasteiger partial charge in [0.15, 0.2) is 0 Å². The van der Waals surface area contributed by atoms with Gasteiger partial charge < -0.3 is 5.32 Å². The van der Waals surface area contributed by atoms with E-state index < -0.39 is 0 Å². The van der Waals surface area contributed by atoms with Gasteiger partial charge in [-0.3, -0.25) is 10.1 Å². The number of benzene rings is 1. The SMILES string of the molecule is CCc1ccc2c(c1)C(NC(C)C)C(=O)N2. The lowest BCUT2D eigenvalue weighted by Gasteiger charge is -2.14.